The summed E-state index contributed by atoms with van der Waals surface area (Å²) in [6.45, 7) is 1.93. The molecule has 0 fully saturated rings. The van der Waals surface area contributed by atoms with E-state index in [0.717, 1.165) is 10.7 Å². The molecular weight excluding hydrogens is 202 g/mol. The van der Waals surface area contributed by atoms with Gasteiger partial charge in [-0.05, 0) is 5.41 Å². The van der Waals surface area contributed by atoms with Crippen LogP contribution in [0, 0.1) is 0 Å². The maximum absolute atomic E-state index is 11.0. The number of nitrogens with zero attached hydrogens (tertiary/aromatic N) is 2. The van der Waals surface area contributed by atoms with Crippen molar-refractivity contribution < 1.29 is 14.2 Å². The topological polar surface area (TPSA) is 44.6 Å². The largest absolute Gasteiger partial charge is 0.461 e. The molecule has 0 atom stereocenters. The number of allylic oxidation sites excluding steroid dienone is 1. The summed E-state index contributed by atoms with van der Waals surface area (Å²) in [4.78, 5) is 11.0. The Morgan fingerprint density at radius 3 is 3.21 bits per heavy atom. The summed E-state index contributed by atoms with van der Waals surface area (Å²) in [6, 6.07) is 0. The standard InChI is InChI=1S/C8H9N3O2S/c1-6-8-10(3-4-14-8)9-11(6)5-7(12)13-2/h3-5H,1-2H3/p+1. The van der Waals surface area contributed by atoms with Gasteiger partial charge in [0.2, 0.25) is 5.70 Å². The van der Waals surface area contributed by atoms with Gasteiger partial charge in [0.25, 0.3) is 6.21 Å². The first-order chi connectivity index (χ1) is 6.72. The lowest BCUT2D eigenvalue weighted by Gasteiger charge is -2.03. The van der Waals surface area contributed by atoms with E-state index in [-0.39, 0.29) is 5.97 Å². The van der Waals surface area contributed by atoms with Gasteiger partial charge in [0, 0.05) is 13.1 Å². The Hall–Kier alpha value is -1.43. The summed E-state index contributed by atoms with van der Waals surface area (Å²) in [5.41, 5.74) is 3.97. The third kappa shape index (κ3) is 1.37. The van der Waals surface area contributed by atoms with Crippen LogP contribution in [-0.2, 0) is 9.53 Å². The predicted octanol–water partition coefficient (Wildman–Crippen LogP) is 0.385. The van der Waals surface area contributed by atoms with Crippen molar-refractivity contribution in [1.29, 1.82) is 0 Å². The van der Waals surface area contributed by atoms with E-state index in [1.165, 1.54) is 13.3 Å². The Morgan fingerprint density at radius 2 is 2.57 bits per heavy atom. The van der Waals surface area contributed by atoms with Gasteiger partial charge in [0.05, 0.1) is 7.11 Å². The molecule has 5 nitrogen and oxygen atoms in total. The first kappa shape index (κ1) is 9.14. The van der Waals surface area contributed by atoms with E-state index in [2.05, 4.69) is 10.3 Å². The first-order valence-electron chi connectivity index (χ1n) is 4.04. The second-order valence-electron chi connectivity index (χ2n) is 2.79. The van der Waals surface area contributed by atoms with Crippen LogP contribution < -0.4 is 5.53 Å². The molecule has 2 aliphatic rings. The highest BCUT2D eigenvalue weighted by Gasteiger charge is 2.33. The molecule has 0 spiro atoms. The van der Waals surface area contributed by atoms with Gasteiger partial charge in [0.15, 0.2) is 5.03 Å². The molecule has 2 aliphatic heterocycles. The van der Waals surface area contributed by atoms with Gasteiger partial charge < -0.3 is 4.74 Å². The molecule has 0 saturated carbocycles. The fourth-order valence-corrected chi connectivity index (χ4v) is 1.99. The molecule has 0 aromatic heterocycles. The van der Waals surface area contributed by atoms with Crippen molar-refractivity contribution in [2.75, 3.05) is 7.11 Å². The van der Waals surface area contributed by atoms with Crippen LogP contribution in [0.4, 0.5) is 0 Å². The smallest absolute Gasteiger partial charge is 0.398 e. The average Bonchev–Trinajstić information content (AvgIpc) is 2.72. The maximum atomic E-state index is 11.0. The monoisotopic (exact) mass is 212 g/mol. The van der Waals surface area contributed by atoms with Crippen molar-refractivity contribution in [1.82, 2.24) is 10.5 Å². The molecule has 0 aromatic carbocycles. The third-order valence-electron chi connectivity index (χ3n) is 1.93. The maximum Gasteiger partial charge on any atom is 0.398 e. The summed E-state index contributed by atoms with van der Waals surface area (Å²) in [5.74, 6) is -0.382. The number of carbonyl (C=O) groups is 1. The van der Waals surface area contributed by atoms with Crippen LogP contribution in [0.3, 0.4) is 0 Å². The Bertz CT molecular complexity index is 373. The second-order valence-corrected chi connectivity index (χ2v) is 3.68. The normalized spacial score (nSPS) is 21.6. The summed E-state index contributed by atoms with van der Waals surface area (Å²) in [5, 5.41) is 4.89. The van der Waals surface area contributed by atoms with E-state index >= 15 is 0 Å². The van der Waals surface area contributed by atoms with Crippen LogP contribution in [0.5, 0.6) is 0 Å². The van der Waals surface area contributed by atoms with E-state index in [4.69, 9.17) is 0 Å². The number of ether oxygens (including phenoxy) is 1. The highest BCUT2D eigenvalue weighted by molar-refractivity contribution is 8.06. The SMILES string of the molecule is COC(=O)C=[N+]1NN2C=CSC2=C1C. The predicted molar refractivity (Wildman–Crippen MR) is 52.7 cm³/mol. The van der Waals surface area contributed by atoms with Crippen LogP contribution in [0.2, 0.25) is 0 Å². The molecule has 0 radical (unpaired) electrons. The first-order valence-corrected chi connectivity index (χ1v) is 4.92. The lowest BCUT2D eigenvalue weighted by atomic mass is 10.5. The molecule has 14 heavy (non-hydrogen) atoms. The van der Waals surface area contributed by atoms with Crippen LogP contribution in [0.25, 0.3) is 0 Å². The van der Waals surface area contributed by atoms with Gasteiger partial charge in [-0.1, -0.05) is 22.0 Å². The van der Waals surface area contributed by atoms with E-state index in [0.29, 0.717) is 0 Å². The fourth-order valence-electron chi connectivity index (χ4n) is 1.20. The number of carbonyl (C=O) groups excluding carboxylic acids is 1. The van der Waals surface area contributed by atoms with Crippen molar-refractivity contribution in [3.05, 3.63) is 22.3 Å². The van der Waals surface area contributed by atoms with Crippen LogP contribution in [-0.4, -0.2) is 29.0 Å². The number of fused-ring (bicyclic) bond motifs is 1. The zero-order chi connectivity index (χ0) is 10.1. The number of hydrogen-bond donors (Lipinski definition) is 1. The Morgan fingerprint density at radius 1 is 1.79 bits per heavy atom. The highest BCUT2D eigenvalue weighted by Crippen LogP contribution is 2.33. The number of hydrogen-bond acceptors (Lipinski definition) is 5. The number of methoxy groups -OCH3 is 1. The van der Waals surface area contributed by atoms with Crippen LogP contribution in [0.15, 0.2) is 22.3 Å². The molecule has 0 unspecified atom stereocenters. The number of thioether (sulfide) groups is 1. The van der Waals surface area contributed by atoms with Gasteiger partial charge >= 0.3 is 5.97 Å². The Kier molecular flexibility index (Phi) is 2.20. The molecule has 0 saturated heterocycles. The third-order valence-corrected chi connectivity index (χ3v) is 2.90. The Balaban J connectivity index is 2.24. The minimum atomic E-state index is -0.382. The van der Waals surface area contributed by atoms with Crippen LogP contribution >= 0.6 is 11.8 Å². The van der Waals surface area contributed by atoms with Crippen molar-refractivity contribution >= 4 is 23.9 Å². The quantitative estimate of drug-likeness (QED) is 0.503. The van der Waals surface area contributed by atoms with Gasteiger partial charge in [-0.3, -0.25) is 0 Å². The highest BCUT2D eigenvalue weighted by atomic mass is 32.2. The molecule has 6 heteroatoms. The van der Waals surface area contributed by atoms with E-state index in [1.807, 2.05) is 23.5 Å². The summed E-state index contributed by atoms with van der Waals surface area (Å²) in [6.07, 6.45) is 3.27. The van der Waals surface area contributed by atoms with Gasteiger partial charge in [-0.25, -0.2) is 9.80 Å². The molecule has 74 valence electrons. The molecule has 0 aromatic rings. The van der Waals surface area contributed by atoms with Gasteiger partial charge in [-0.2, -0.15) is 0 Å². The zero-order valence-corrected chi connectivity index (χ0v) is 8.67. The lowest BCUT2D eigenvalue weighted by molar-refractivity contribution is -0.546. The average molecular weight is 212 g/mol. The second kappa shape index (κ2) is 3.38. The van der Waals surface area contributed by atoms with E-state index in [9.17, 15) is 4.79 Å². The molecule has 2 rings (SSSR count). The van der Waals surface area contributed by atoms with E-state index in [1.54, 1.807) is 16.4 Å². The number of hydrazine groups is 2. The van der Waals surface area contributed by atoms with Crippen LogP contribution in [0.1, 0.15) is 6.92 Å². The number of hydrazone groups is 1. The molecule has 0 amide bonds. The summed E-state index contributed by atoms with van der Waals surface area (Å²) >= 11 is 1.61. The summed E-state index contributed by atoms with van der Waals surface area (Å²) in [7, 11) is 1.35. The zero-order valence-electron chi connectivity index (χ0n) is 7.85. The minimum Gasteiger partial charge on any atom is -0.461 e. The minimum absolute atomic E-state index is 0.382. The summed E-state index contributed by atoms with van der Waals surface area (Å²) < 4.78 is 6.18. The number of nitrogens with one attached hydrogen (secondary N) is 1. The van der Waals surface area contributed by atoms with Crippen molar-refractivity contribution in [3.8, 4) is 0 Å². The Labute approximate surface area is 85.7 Å². The molecule has 0 aliphatic carbocycles. The fraction of sp³-hybridized carbons (Fsp3) is 0.250. The van der Waals surface area contributed by atoms with Crippen molar-refractivity contribution in [2.24, 2.45) is 0 Å². The lowest BCUT2D eigenvalue weighted by Crippen LogP contribution is -2.33. The molecular formula is C8H10N3O2S+. The van der Waals surface area contributed by atoms with Crippen molar-refractivity contribution in [3.63, 3.8) is 0 Å². The van der Waals surface area contributed by atoms with Gasteiger partial charge in [0.1, 0.15) is 0 Å². The molecule has 2 heterocycles. The van der Waals surface area contributed by atoms with E-state index < -0.39 is 0 Å². The number of rotatable bonds is 1. The van der Waals surface area contributed by atoms with Crippen molar-refractivity contribution in [2.45, 2.75) is 6.92 Å². The number of esters is 1. The molecule has 1 N–H and O–H groups in total. The van der Waals surface area contributed by atoms with Gasteiger partial charge in [-0.15, -0.1) is 0 Å². The molecule has 0 bridgehead atoms.